The lowest BCUT2D eigenvalue weighted by Gasteiger charge is -2.08. The van der Waals surface area contributed by atoms with Crippen LogP contribution < -0.4 is 5.32 Å². The Labute approximate surface area is 137 Å². The van der Waals surface area contributed by atoms with Gasteiger partial charge in [0.05, 0.1) is 16.8 Å². The van der Waals surface area contributed by atoms with Gasteiger partial charge < -0.3 is 9.88 Å². The molecule has 0 atom stereocenters. The summed E-state index contributed by atoms with van der Waals surface area (Å²) in [6.45, 7) is -0.387. The average Bonchev–Trinajstić information content (AvgIpc) is 2.95. The number of nitrogens with one attached hydrogen (secondary N) is 1. The second-order valence-electron chi connectivity index (χ2n) is 5.08. The molecule has 0 radical (unpaired) electrons. The number of nitro benzene ring substituents is 1. The first-order valence-corrected chi connectivity index (χ1v) is 6.89. The lowest BCUT2D eigenvalue weighted by Crippen LogP contribution is -2.19. The number of imidazole rings is 1. The molecule has 2 aromatic carbocycles. The van der Waals surface area contributed by atoms with Crippen LogP contribution in [0.2, 0.25) is 0 Å². The number of para-hydroxylation sites is 1. The van der Waals surface area contributed by atoms with Crippen molar-refractivity contribution in [3.8, 4) is 0 Å². The molecule has 3 rings (SSSR count). The Morgan fingerprint density at radius 2 is 1.92 bits per heavy atom. The fourth-order valence-electron chi connectivity index (χ4n) is 2.36. The summed E-state index contributed by atoms with van der Waals surface area (Å²) >= 11 is 0. The molecule has 0 saturated heterocycles. The molecule has 1 heterocycles. The van der Waals surface area contributed by atoms with E-state index in [-0.39, 0.29) is 23.4 Å². The number of amides is 1. The van der Waals surface area contributed by atoms with E-state index in [9.17, 15) is 28.1 Å². The minimum absolute atomic E-state index is 0.138. The van der Waals surface area contributed by atoms with Crippen LogP contribution in [0.4, 0.5) is 24.5 Å². The second-order valence-corrected chi connectivity index (χ2v) is 5.08. The van der Waals surface area contributed by atoms with E-state index in [1.54, 1.807) is 6.07 Å². The van der Waals surface area contributed by atoms with Gasteiger partial charge in [0, 0.05) is 23.9 Å². The van der Waals surface area contributed by atoms with Gasteiger partial charge in [-0.2, -0.15) is 0 Å². The van der Waals surface area contributed by atoms with Crippen molar-refractivity contribution in [2.75, 3.05) is 5.32 Å². The van der Waals surface area contributed by atoms with Gasteiger partial charge in [-0.15, -0.1) is 0 Å². The SMILES string of the molecule is O=C(Cn1cnc2cccc([N+](=O)[O-])c21)Nc1cc(F)c(F)c(F)c1. The first-order chi connectivity index (χ1) is 11.9. The normalized spacial score (nSPS) is 10.8. The van der Waals surface area contributed by atoms with Crippen LogP contribution in [0.3, 0.4) is 0 Å². The van der Waals surface area contributed by atoms with Crippen molar-refractivity contribution in [2.24, 2.45) is 0 Å². The molecule has 10 heteroatoms. The maximum atomic E-state index is 13.2. The van der Waals surface area contributed by atoms with Gasteiger partial charge in [0.2, 0.25) is 5.91 Å². The van der Waals surface area contributed by atoms with E-state index in [0.717, 1.165) is 0 Å². The third kappa shape index (κ3) is 3.13. The summed E-state index contributed by atoms with van der Waals surface area (Å²) in [6.07, 6.45) is 1.24. The summed E-state index contributed by atoms with van der Waals surface area (Å²) in [5.74, 6) is -5.25. The third-order valence-corrected chi connectivity index (χ3v) is 3.40. The predicted molar refractivity (Wildman–Crippen MR) is 81.3 cm³/mol. The number of halogens is 3. The molecule has 3 aromatic rings. The highest BCUT2D eigenvalue weighted by Gasteiger charge is 2.18. The molecule has 0 aliphatic carbocycles. The predicted octanol–water partition coefficient (Wildman–Crippen LogP) is 3.00. The molecule has 7 nitrogen and oxygen atoms in total. The molecule has 1 amide bonds. The summed E-state index contributed by atoms with van der Waals surface area (Å²) < 4.78 is 40.5. The second kappa shape index (κ2) is 6.23. The Balaban J connectivity index is 1.87. The van der Waals surface area contributed by atoms with Crippen LogP contribution in [0, 0.1) is 27.6 Å². The molecule has 1 N–H and O–H groups in total. The van der Waals surface area contributed by atoms with Crippen LogP contribution in [0.5, 0.6) is 0 Å². The summed E-state index contributed by atoms with van der Waals surface area (Å²) in [7, 11) is 0. The van der Waals surface area contributed by atoms with Crippen LogP contribution in [-0.4, -0.2) is 20.4 Å². The zero-order valence-electron chi connectivity index (χ0n) is 12.4. The van der Waals surface area contributed by atoms with Gasteiger partial charge in [-0.1, -0.05) is 6.07 Å². The van der Waals surface area contributed by atoms with Crippen LogP contribution in [0.15, 0.2) is 36.7 Å². The lowest BCUT2D eigenvalue weighted by molar-refractivity contribution is -0.383. The van der Waals surface area contributed by atoms with Crippen LogP contribution in [0.1, 0.15) is 0 Å². The summed E-state index contributed by atoms with van der Waals surface area (Å²) in [5.41, 5.74) is -0.0537. The molecule has 0 aliphatic heterocycles. The summed E-state index contributed by atoms with van der Waals surface area (Å²) in [5, 5.41) is 13.3. The van der Waals surface area contributed by atoms with E-state index in [2.05, 4.69) is 10.3 Å². The standard InChI is InChI=1S/C15H9F3N4O3/c16-9-4-8(5-10(17)14(9)18)20-13(23)6-21-7-19-11-2-1-3-12(15(11)21)22(24)25/h1-5,7H,6H2,(H,20,23). The number of hydrogen-bond donors (Lipinski definition) is 1. The Bertz CT molecular complexity index is 980. The lowest BCUT2D eigenvalue weighted by atomic mass is 10.2. The van der Waals surface area contributed by atoms with Gasteiger partial charge in [0.25, 0.3) is 5.69 Å². The maximum Gasteiger partial charge on any atom is 0.295 e. The van der Waals surface area contributed by atoms with E-state index in [1.807, 2.05) is 0 Å². The van der Waals surface area contributed by atoms with Gasteiger partial charge >= 0.3 is 0 Å². The number of fused-ring (bicyclic) bond motifs is 1. The zero-order valence-corrected chi connectivity index (χ0v) is 12.4. The van der Waals surface area contributed by atoms with Crippen molar-refractivity contribution in [2.45, 2.75) is 6.54 Å². The highest BCUT2D eigenvalue weighted by Crippen LogP contribution is 2.24. The fourth-order valence-corrected chi connectivity index (χ4v) is 2.36. The largest absolute Gasteiger partial charge is 0.324 e. The van der Waals surface area contributed by atoms with E-state index >= 15 is 0 Å². The van der Waals surface area contributed by atoms with Crippen molar-refractivity contribution in [3.05, 3.63) is 64.2 Å². The number of nitrogens with zero attached hydrogens (tertiary/aromatic N) is 3. The van der Waals surface area contributed by atoms with E-state index in [4.69, 9.17) is 0 Å². The molecule has 0 saturated carbocycles. The van der Waals surface area contributed by atoms with Crippen molar-refractivity contribution in [1.29, 1.82) is 0 Å². The van der Waals surface area contributed by atoms with Gasteiger partial charge in [0.1, 0.15) is 12.1 Å². The molecule has 0 spiro atoms. The molecule has 0 bridgehead atoms. The highest BCUT2D eigenvalue weighted by molar-refractivity contribution is 5.92. The van der Waals surface area contributed by atoms with Crippen molar-refractivity contribution in [3.63, 3.8) is 0 Å². The van der Waals surface area contributed by atoms with Crippen molar-refractivity contribution in [1.82, 2.24) is 9.55 Å². The number of rotatable bonds is 4. The minimum Gasteiger partial charge on any atom is -0.324 e. The number of aromatic nitrogens is 2. The van der Waals surface area contributed by atoms with Crippen LogP contribution >= 0.6 is 0 Å². The smallest absolute Gasteiger partial charge is 0.295 e. The Hall–Kier alpha value is -3.43. The Kier molecular flexibility index (Phi) is 4.09. The van der Waals surface area contributed by atoms with Crippen molar-refractivity contribution < 1.29 is 22.9 Å². The zero-order chi connectivity index (χ0) is 18.1. The van der Waals surface area contributed by atoms with E-state index in [0.29, 0.717) is 17.6 Å². The number of non-ortho nitro benzene ring substituents is 1. The maximum absolute atomic E-state index is 13.2. The Morgan fingerprint density at radius 3 is 2.56 bits per heavy atom. The molecule has 0 aliphatic rings. The van der Waals surface area contributed by atoms with Gasteiger partial charge in [-0.25, -0.2) is 18.2 Å². The molecule has 25 heavy (non-hydrogen) atoms. The van der Waals surface area contributed by atoms with Gasteiger partial charge in [-0.05, 0) is 6.07 Å². The van der Waals surface area contributed by atoms with Gasteiger partial charge in [0.15, 0.2) is 17.5 Å². The number of nitro groups is 1. The molecular formula is C15H9F3N4O3. The number of carbonyl (C=O) groups excluding carboxylic acids is 1. The minimum atomic E-state index is -1.64. The Morgan fingerprint density at radius 1 is 1.24 bits per heavy atom. The number of anilines is 1. The monoisotopic (exact) mass is 350 g/mol. The van der Waals surface area contributed by atoms with Gasteiger partial charge in [-0.3, -0.25) is 14.9 Å². The highest BCUT2D eigenvalue weighted by atomic mass is 19.2. The fraction of sp³-hybridized carbons (Fsp3) is 0.0667. The molecule has 0 fully saturated rings. The van der Waals surface area contributed by atoms with E-state index < -0.39 is 28.3 Å². The number of benzene rings is 2. The van der Waals surface area contributed by atoms with E-state index in [1.165, 1.54) is 23.0 Å². The van der Waals surface area contributed by atoms with Crippen LogP contribution in [-0.2, 0) is 11.3 Å². The molecular weight excluding hydrogens is 341 g/mol. The number of carbonyl (C=O) groups is 1. The summed E-state index contributed by atoms with van der Waals surface area (Å²) in [4.78, 5) is 26.5. The summed E-state index contributed by atoms with van der Waals surface area (Å²) in [6, 6.07) is 5.53. The molecule has 1 aromatic heterocycles. The average molecular weight is 350 g/mol. The van der Waals surface area contributed by atoms with Crippen LogP contribution in [0.25, 0.3) is 11.0 Å². The third-order valence-electron chi connectivity index (χ3n) is 3.40. The quantitative estimate of drug-likeness (QED) is 0.445. The topological polar surface area (TPSA) is 90.1 Å². The number of hydrogen-bond acceptors (Lipinski definition) is 4. The first kappa shape index (κ1) is 16.4. The molecule has 0 unspecified atom stereocenters. The molecule has 128 valence electrons. The van der Waals surface area contributed by atoms with Crippen molar-refractivity contribution >= 4 is 28.3 Å². The first-order valence-electron chi connectivity index (χ1n) is 6.89.